The molecule has 40 heavy (non-hydrogen) atoms. The van der Waals surface area contributed by atoms with E-state index >= 15 is 0 Å². The number of para-hydroxylation sites is 2. The van der Waals surface area contributed by atoms with Gasteiger partial charge in [-0.1, -0.05) is 47.5 Å². The van der Waals surface area contributed by atoms with Crippen molar-refractivity contribution in [1.82, 2.24) is 0 Å². The van der Waals surface area contributed by atoms with Crippen LogP contribution >= 0.6 is 23.2 Å². The zero-order valence-electron chi connectivity index (χ0n) is 22.1. The van der Waals surface area contributed by atoms with Gasteiger partial charge in [0.25, 0.3) is 23.6 Å². The molecular weight excluding hydrogens is 551 g/mol. The second-order valence-electron chi connectivity index (χ2n) is 9.61. The molecule has 4 amide bonds. The minimum Gasteiger partial charge on any atom is -0.350 e. The monoisotopic (exact) mass is 574 g/mol. The maximum absolute atomic E-state index is 13.5. The third-order valence-electron chi connectivity index (χ3n) is 6.97. The van der Waals surface area contributed by atoms with Crippen LogP contribution in [0.1, 0.15) is 22.3 Å². The Bertz CT molecular complexity index is 1580. The number of aryl methyl sites for hydroxylation is 4. The van der Waals surface area contributed by atoms with E-state index in [0.717, 1.165) is 32.1 Å². The van der Waals surface area contributed by atoms with Crippen molar-refractivity contribution in [3.05, 3.63) is 104 Å². The number of imide groups is 2. The molecule has 0 radical (unpaired) electrons. The third kappa shape index (κ3) is 4.55. The van der Waals surface area contributed by atoms with Gasteiger partial charge in [0.2, 0.25) is 0 Å². The van der Waals surface area contributed by atoms with Crippen molar-refractivity contribution in [2.75, 3.05) is 20.4 Å². The summed E-state index contributed by atoms with van der Waals surface area (Å²) in [6.45, 7) is 7.76. The number of rotatable bonds is 6. The van der Waals surface area contributed by atoms with Gasteiger partial charge < -0.3 is 10.6 Å². The number of anilines is 4. The average Bonchev–Trinajstić information content (AvgIpc) is 3.26. The molecule has 0 atom stereocenters. The molecule has 0 bridgehead atoms. The molecule has 8 nitrogen and oxygen atoms in total. The summed E-state index contributed by atoms with van der Waals surface area (Å²) in [5, 5.41) is 5.26. The van der Waals surface area contributed by atoms with E-state index in [1.807, 2.05) is 52.0 Å². The first-order valence-electron chi connectivity index (χ1n) is 12.3. The first-order valence-corrected chi connectivity index (χ1v) is 13.1. The van der Waals surface area contributed by atoms with Crippen LogP contribution in [0, 0.1) is 27.7 Å². The maximum Gasteiger partial charge on any atom is 0.283 e. The van der Waals surface area contributed by atoms with E-state index in [-0.39, 0.29) is 32.8 Å². The molecule has 2 aliphatic rings. The van der Waals surface area contributed by atoms with Gasteiger partial charge in [-0.2, -0.15) is 0 Å². The molecule has 2 heterocycles. The van der Waals surface area contributed by atoms with Crippen LogP contribution in [0.4, 0.5) is 22.7 Å². The summed E-state index contributed by atoms with van der Waals surface area (Å²) in [7, 11) is 0. The summed E-state index contributed by atoms with van der Waals surface area (Å²) in [4.78, 5) is 55.2. The Morgan fingerprint density at radius 3 is 1.25 bits per heavy atom. The Balaban J connectivity index is 1.46. The lowest BCUT2D eigenvalue weighted by molar-refractivity contribution is -0.122. The molecule has 3 aromatic carbocycles. The smallest absolute Gasteiger partial charge is 0.283 e. The lowest BCUT2D eigenvalue weighted by atomic mass is 10.1. The van der Waals surface area contributed by atoms with Crippen molar-refractivity contribution in [2.45, 2.75) is 27.7 Å². The minimum absolute atomic E-state index is 0.00568. The molecule has 0 unspecified atom stereocenters. The number of hydrogen-bond donors (Lipinski definition) is 2. The second-order valence-corrected chi connectivity index (χ2v) is 10.4. The molecule has 3 aromatic rings. The van der Waals surface area contributed by atoms with Crippen LogP contribution in [0.3, 0.4) is 0 Å². The van der Waals surface area contributed by atoms with Gasteiger partial charge in [0.05, 0.1) is 11.4 Å². The highest BCUT2D eigenvalue weighted by atomic mass is 35.5. The molecule has 0 saturated carbocycles. The first-order chi connectivity index (χ1) is 19.0. The molecule has 0 spiro atoms. The number of halogens is 2. The Morgan fingerprint density at radius 1 is 0.525 bits per heavy atom. The second kappa shape index (κ2) is 10.3. The number of benzene rings is 3. The van der Waals surface area contributed by atoms with Crippen LogP contribution < -0.4 is 20.4 Å². The largest absolute Gasteiger partial charge is 0.350 e. The van der Waals surface area contributed by atoms with E-state index in [1.54, 1.807) is 24.3 Å². The van der Waals surface area contributed by atoms with Crippen molar-refractivity contribution in [1.29, 1.82) is 0 Å². The van der Waals surface area contributed by atoms with Crippen molar-refractivity contribution in [3.8, 4) is 0 Å². The highest BCUT2D eigenvalue weighted by molar-refractivity contribution is 6.55. The van der Waals surface area contributed by atoms with E-state index in [1.165, 1.54) is 12.1 Å². The fourth-order valence-corrected chi connectivity index (χ4v) is 4.85. The number of amides is 4. The Morgan fingerprint density at radius 2 is 0.900 bits per heavy atom. The molecule has 5 rings (SSSR count). The van der Waals surface area contributed by atoms with Gasteiger partial charge >= 0.3 is 0 Å². The molecule has 0 saturated heterocycles. The Labute approximate surface area is 240 Å². The highest BCUT2D eigenvalue weighted by Crippen LogP contribution is 2.39. The summed E-state index contributed by atoms with van der Waals surface area (Å²) in [5.41, 5.74) is 5.04. The van der Waals surface area contributed by atoms with Gasteiger partial charge in [-0.15, -0.1) is 0 Å². The summed E-state index contributed by atoms with van der Waals surface area (Å²) in [5.74, 6) is -3.05. The average molecular weight is 575 g/mol. The van der Waals surface area contributed by atoms with E-state index in [9.17, 15) is 19.2 Å². The standard InChI is InChI=1S/C30H24Cl2N4O4/c1-15-9-11-19(13-17(15)3)33-25-23(31)27(37)35(29(25)39)21-7-5-6-8-22(21)36-28(38)24(32)26(30(36)40)34-20-12-10-16(2)18(4)14-20/h5-14,33-34H,1-4H3. The van der Waals surface area contributed by atoms with E-state index < -0.39 is 23.6 Å². The number of carbonyl (C=O) groups is 4. The van der Waals surface area contributed by atoms with Gasteiger partial charge in [0.1, 0.15) is 21.5 Å². The van der Waals surface area contributed by atoms with Crippen LogP contribution in [0.2, 0.25) is 0 Å². The molecule has 2 aliphatic heterocycles. The molecule has 202 valence electrons. The summed E-state index contributed by atoms with van der Waals surface area (Å²) < 4.78 is 0. The fourth-order valence-electron chi connectivity index (χ4n) is 4.43. The van der Waals surface area contributed by atoms with Crippen LogP contribution in [0.15, 0.2) is 82.1 Å². The predicted octanol–water partition coefficient (Wildman–Crippen LogP) is 5.79. The van der Waals surface area contributed by atoms with E-state index in [0.29, 0.717) is 11.4 Å². The maximum atomic E-state index is 13.5. The van der Waals surface area contributed by atoms with Gasteiger partial charge in [-0.05, 0) is 86.3 Å². The Hall–Kier alpha value is -4.40. The van der Waals surface area contributed by atoms with Crippen LogP contribution in [-0.2, 0) is 19.2 Å². The molecule has 10 heteroatoms. The number of hydrogen-bond acceptors (Lipinski definition) is 6. The van der Waals surface area contributed by atoms with E-state index in [4.69, 9.17) is 23.2 Å². The quantitative estimate of drug-likeness (QED) is 0.361. The van der Waals surface area contributed by atoms with Crippen LogP contribution in [-0.4, -0.2) is 23.6 Å². The lowest BCUT2D eigenvalue weighted by Gasteiger charge is -2.23. The zero-order valence-corrected chi connectivity index (χ0v) is 23.6. The van der Waals surface area contributed by atoms with Gasteiger partial charge in [-0.25, -0.2) is 9.80 Å². The van der Waals surface area contributed by atoms with Crippen molar-refractivity contribution in [2.24, 2.45) is 0 Å². The summed E-state index contributed by atoms with van der Waals surface area (Å²) in [6, 6.07) is 17.0. The zero-order chi connectivity index (χ0) is 28.9. The molecule has 0 aromatic heterocycles. The first kappa shape index (κ1) is 27.2. The molecular formula is C30H24Cl2N4O4. The van der Waals surface area contributed by atoms with Crippen molar-refractivity contribution >= 4 is 69.6 Å². The van der Waals surface area contributed by atoms with E-state index in [2.05, 4.69) is 10.6 Å². The van der Waals surface area contributed by atoms with Gasteiger partial charge in [0.15, 0.2) is 0 Å². The third-order valence-corrected chi connectivity index (χ3v) is 7.67. The molecule has 2 N–H and O–H groups in total. The molecule has 0 fully saturated rings. The van der Waals surface area contributed by atoms with Gasteiger partial charge in [-0.3, -0.25) is 19.2 Å². The lowest BCUT2D eigenvalue weighted by Crippen LogP contribution is -2.37. The summed E-state index contributed by atoms with van der Waals surface area (Å²) in [6.07, 6.45) is 0. The molecule has 0 aliphatic carbocycles. The summed E-state index contributed by atoms with van der Waals surface area (Å²) >= 11 is 12.7. The van der Waals surface area contributed by atoms with Crippen molar-refractivity contribution < 1.29 is 19.2 Å². The number of nitrogens with zero attached hydrogens (tertiary/aromatic N) is 2. The van der Waals surface area contributed by atoms with Crippen molar-refractivity contribution in [3.63, 3.8) is 0 Å². The van der Waals surface area contributed by atoms with Crippen LogP contribution in [0.25, 0.3) is 0 Å². The minimum atomic E-state index is -0.794. The normalized spacial score (nSPS) is 15.7. The SMILES string of the molecule is Cc1ccc(NC2=C(Cl)C(=O)N(c3ccccc3N3C(=O)C(Cl)=C(Nc4ccc(C)c(C)c4)C3=O)C2=O)cc1C. The number of carbonyl (C=O) groups excluding carboxylic acids is 4. The topological polar surface area (TPSA) is 98.8 Å². The van der Waals surface area contributed by atoms with Gasteiger partial charge in [0, 0.05) is 11.4 Å². The Kier molecular flexibility index (Phi) is 6.99. The fraction of sp³-hybridized carbons (Fsp3) is 0.133. The van der Waals surface area contributed by atoms with Crippen LogP contribution in [0.5, 0.6) is 0 Å². The highest BCUT2D eigenvalue weighted by Gasteiger charge is 2.44. The predicted molar refractivity (Wildman–Crippen MR) is 156 cm³/mol. The number of nitrogens with one attached hydrogen (secondary N) is 2.